The van der Waals surface area contributed by atoms with Gasteiger partial charge in [0.05, 0.1) is 11.0 Å². The minimum Gasteiger partial charge on any atom is -0.491 e. The molecule has 0 amide bonds. The van der Waals surface area contributed by atoms with Crippen LogP contribution in [0.1, 0.15) is 25.0 Å². The normalized spacial score (nSPS) is 15.4. The van der Waals surface area contributed by atoms with E-state index in [2.05, 4.69) is 0 Å². The van der Waals surface area contributed by atoms with Crippen LogP contribution in [0.3, 0.4) is 0 Å². The van der Waals surface area contributed by atoms with Gasteiger partial charge in [-0.3, -0.25) is 0 Å². The highest BCUT2D eigenvalue weighted by molar-refractivity contribution is 7.89. The standard InChI is InChI=1S/C20H23NO3S/c1-15(2)24-20-10-9-19(13-16(20)3)25(22,23)21-12-11-18(14-21)17-7-5-4-6-8-17/h4-11,13,15H,12,14H2,1-3H3. The molecule has 0 radical (unpaired) electrons. The molecule has 0 saturated heterocycles. The Morgan fingerprint density at radius 2 is 1.80 bits per heavy atom. The van der Waals surface area contributed by atoms with Crippen molar-refractivity contribution in [3.63, 3.8) is 0 Å². The second-order valence-corrected chi connectivity index (χ2v) is 8.42. The summed E-state index contributed by atoms with van der Waals surface area (Å²) in [6.45, 7) is 6.57. The maximum atomic E-state index is 12.9. The first-order valence-corrected chi connectivity index (χ1v) is 9.84. The van der Waals surface area contributed by atoms with Crippen LogP contribution in [0.25, 0.3) is 5.57 Å². The predicted octanol–water partition coefficient (Wildman–Crippen LogP) is 3.87. The third kappa shape index (κ3) is 3.78. The van der Waals surface area contributed by atoms with Gasteiger partial charge in [0.15, 0.2) is 0 Å². The number of hydrogen-bond donors (Lipinski definition) is 0. The molecule has 2 aromatic rings. The number of rotatable bonds is 5. The van der Waals surface area contributed by atoms with Crippen LogP contribution >= 0.6 is 0 Å². The van der Waals surface area contributed by atoms with E-state index in [1.54, 1.807) is 18.2 Å². The smallest absolute Gasteiger partial charge is 0.243 e. The van der Waals surface area contributed by atoms with Gasteiger partial charge in [0.25, 0.3) is 0 Å². The average Bonchev–Trinajstić information content (AvgIpc) is 3.08. The quantitative estimate of drug-likeness (QED) is 0.816. The number of aryl methyl sites for hydroxylation is 1. The zero-order valence-electron chi connectivity index (χ0n) is 14.8. The number of ether oxygens (including phenoxy) is 1. The van der Waals surface area contributed by atoms with Crippen LogP contribution in [0.15, 0.2) is 59.5 Å². The zero-order valence-corrected chi connectivity index (χ0v) is 15.6. The van der Waals surface area contributed by atoms with Crippen molar-refractivity contribution in [2.45, 2.75) is 31.8 Å². The van der Waals surface area contributed by atoms with Gasteiger partial charge in [-0.25, -0.2) is 8.42 Å². The first-order valence-electron chi connectivity index (χ1n) is 8.40. The second-order valence-electron chi connectivity index (χ2n) is 6.49. The van der Waals surface area contributed by atoms with Crippen LogP contribution < -0.4 is 4.74 Å². The van der Waals surface area contributed by atoms with Gasteiger partial charge in [-0.05, 0) is 55.7 Å². The summed E-state index contributed by atoms with van der Waals surface area (Å²) in [7, 11) is -3.52. The van der Waals surface area contributed by atoms with Gasteiger partial charge in [0.2, 0.25) is 10.0 Å². The number of nitrogens with zero attached hydrogens (tertiary/aromatic N) is 1. The third-order valence-electron chi connectivity index (χ3n) is 4.18. The molecule has 1 heterocycles. The topological polar surface area (TPSA) is 46.6 Å². The highest BCUT2D eigenvalue weighted by atomic mass is 32.2. The molecular formula is C20H23NO3S. The average molecular weight is 357 g/mol. The largest absolute Gasteiger partial charge is 0.491 e. The summed E-state index contributed by atoms with van der Waals surface area (Å²) in [4.78, 5) is 0.309. The minimum atomic E-state index is -3.52. The summed E-state index contributed by atoms with van der Waals surface area (Å²) in [5.74, 6) is 0.721. The summed E-state index contributed by atoms with van der Waals surface area (Å²) >= 11 is 0. The van der Waals surface area contributed by atoms with Gasteiger partial charge in [-0.2, -0.15) is 4.31 Å². The van der Waals surface area contributed by atoms with Crippen molar-refractivity contribution in [2.24, 2.45) is 0 Å². The Kier molecular flexibility index (Phi) is 4.97. The van der Waals surface area contributed by atoms with Crippen LogP contribution in [0, 0.1) is 6.92 Å². The van der Waals surface area contributed by atoms with E-state index in [0.717, 1.165) is 22.4 Å². The number of hydrogen-bond acceptors (Lipinski definition) is 3. The highest BCUT2D eigenvalue weighted by Gasteiger charge is 2.28. The molecule has 0 atom stereocenters. The Hall–Kier alpha value is -2.11. The molecule has 5 heteroatoms. The van der Waals surface area contributed by atoms with E-state index in [4.69, 9.17) is 4.74 Å². The molecular weight excluding hydrogens is 334 g/mol. The Morgan fingerprint density at radius 1 is 1.08 bits per heavy atom. The van der Waals surface area contributed by atoms with E-state index in [9.17, 15) is 8.42 Å². The van der Waals surface area contributed by atoms with Gasteiger partial charge in [-0.15, -0.1) is 0 Å². The Morgan fingerprint density at radius 3 is 2.44 bits per heavy atom. The fourth-order valence-corrected chi connectivity index (χ4v) is 4.34. The SMILES string of the molecule is Cc1cc(S(=O)(=O)N2CC=C(c3ccccc3)C2)ccc1OC(C)C. The van der Waals surface area contributed by atoms with Crippen molar-refractivity contribution in [1.82, 2.24) is 4.31 Å². The molecule has 0 aromatic heterocycles. The van der Waals surface area contributed by atoms with Crippen LogP contribution in [-0.2, 0) is 10.0 Å². The van der Waals surface area contributed by atoms with Crippen molar-refractivity contribution < 1.29 is 13.2 Å². The van der Waals surface area contributed by atoms with E-state index in [-0.39, 0.29) is 6.10 Å². The van der Waals surface area contributed by atoms with Gasteiger partial charge in [-0.1, -0.05) is 36.4 Å². The number of sulfonamides is 1. The molecule has 4 nitrogen and oxygen atoms in total. The van der Waals surface area contributed by atoms with Crippen LogP contribution in [-0.4, -0.2) is 31.9 Å². The first kappa shape index (κ1) is 17.7. The van der Waals surface area contributed by atoms with Crippen LogP contribution in [0.5, 0.6) is 5.75 Å². The van der Waals surface area contributed by atoms with Gasteiger partial charge in [0, 0.05) is 13.1 Å². The number of benzene rings is 2. The van der Waals surface area contributed by atoms with Crippen molar-refractivity contribution in [1.29, 1.82) is 0 Å². The van der Waals surface area contributed by atoms with Gasteiger partial charge in [0.1, 0.15) is 5.75 Å². The van der Waals surface area contributed by atoms with Crippen molar-refractivity contribution >= 4 is 15.6 Å². The molecule has 1 aliphatic heterocycles. The first-order chi connectivity index (χ1) is 11.9. The molecule has 0 bridgehead atoms. The van der Waals surface area contributed by atoms with E-state index in [1.165, 1.54) is 4.31 Å². The molecule has 0 spiro atoms. The lowest BCUT2D eigenvalue weighted by Crippen LogP contribution is -2.29. The second kappa shape index (κ2) is 7.02. The third-order valence-corrected chi connectivity index (χ3v) is 5.99. The van der Waals surface area contributed by atoms with Gasteiger partial charge < -0.3 is 4.74 Å². The summed E-state index contributed by atoms with van der Waals surface area (Å²) < 4.78 is 33.1. The van der Waals surface area contributed by atoms with Crippen molar-refractivity contribution in [3.05, 3.63) is 65.7 Å². The Bertz CT molecular complexity index is 886. The van der Waals surface area contributed by atoms with Gasteiger partial charge >= 0.3 is 0 Å². The lowest BCUT2D eigenvalue weighted by molar-refractivity contribution is 0.240. The maximum Gasteiger partial charge on any atom is 0.243 e. The molecule has 2 aromatic carbocycles. The molecule has 0 N–H and O–H groups in total. The van der Waals surface area contributed by atoms with Crippen LogP contribution in [0.2, 0.25) is 0 Å². The van der Waals surface area contributed by atoms with E-state index in [0.29, 0.717) is 18.0 Å². The molecule has 0 fully saturated rings. The molecule has 3 rings (SSSR count). The molecule has 0 saturated carbocycles. The minimum absolute atomic E-state index is 0.0531. The van der Waals surface area contributed by atoms with E-state index < -0.39 is 10.0 Å². The van der Waals surface area contributed by atoms with Crippen molar-refractivity contribution in [3.8, 4) is 5.75 Å². The molecule has 1 aliphatic rings. The lowest BCUT2D eigenvalue weighted by atomic mass is 10.1. The summed E-state index contributed by atoms with van der Waals surface area (Å²) in [5, 5.41) is 0. The van der Waals surface area contributed by atoms with Crippen LogP contribution in [0.4, 0.5) is 0 Å². The van der Waals surface area contributed by atoms with Crippen molar-refractivity contribution in [2.75, 3.05) is 13.1 Å². The highest BCUT2D eigenvalue weighted by Crippen LogP contribution is 2.29. The predicted molar refractivity (Wildman–Crippen MR) is 100 cm³/mol. The lowest BCUT2D eigenvalue weighted by Gasteiger charge is -2.18. The maximum absolute atomic E-state index is 12.9. The molecule has 25 heavy (non-hydrogen) atoms. The Balaban J connectivity index is 1.80. The monoisotopic (exact) mass is 357 g/mol. The summed E-state index contributed by atoms with van der Waals surface area (Å²) in [5.41, 5.74) is 2.93. The zero-order chi connectivity index (χ0) is 18.0. The Labute approximate surface area is 149 Å². The summed E-state index contributed by atoms with van der Waals surface area (Å²) in [6, 6.07) is 14.9. The van der Waals surface area contributed by atoms with E-state index >= 15 is 0 Å². The van der Waals surface area contributed by atoms with E-state index in [1.807, 2.05) is 57.2 Å². The fourth-order valence-electron chi connectivity index (χ4n) is 2.89. The molecule has 0 unspecified atom stereocenters. The fraction of sp³-hybridized carbons (Fsp3) is 0.300. The molecule has 0 aliphatic carbocycles. The molecule has 132 valence electrons. The summed E-state index contributed by atoms with van der Waals surface area (Å²) in [6.07, 6.45) is 2.04.